The number of carbonyl (C=O) groups excluding carboxylic acids is 1. The van der Waals surface area contributed by atoms with Crippen LogP contribution in [0.2, 0.25) is 0 Å². The molecule has 0 radical (unpaired) electrons. The third kappa shape index (κ3) is 3.27. The van der Waals surface area contributed by atoms with Crippen molar-refractivity contribution in [1.82, 2.24) is 15.1 Å². The number of likely N-dealkylation sites (tertiary alicyclic amines) is 1. The van der Waals surface area contributed by atoms with Crippen molar-refractivity contribution in [2.75, 3.05) is 13.1 Å². The average molecular weight is 317 g/mol. The van der Waals surface area contributed by atoms with E-state index in [-0.39, 0.29) is 17.6 Å². The van der Waals surface area contributed by atoms with Gasteiger partial charge in [-0.1, -0.05) is 0 Å². The number of aliphatic hydroxyl groups excluding tert-OH is 1. The molecule has 122 valence electrons. The zero-order valence-electron chi connectivity index (χ0n) is 13.2. The molecule has 0 spiro atoms. The Labute approximate surface area is 134 Å². The molecule has 23 heavy (non-hydrogen) atoms. The second-order valence-corrected chi connectivity index (χ2v) is 6.24. The molecule has 0 bridgehead atoms. The Morgan fingerprint density at radius 1 is 1.39 bits per heavy atom. The molecule has 2 atom stereocenters. The third-order valence-electron chi connectivity index (χ3n) is 4.34. The van der Waals surface area contributed by atoms with Gasteiger partial charge in [0.05, 0.1) is 11.8 Å². The van der Waals surface area contributed by atoms with E-state index in [0.717, 1.165) is 11.4 Å². The zero-order chi connectivity index (χ0) is 16.6. The lowest BCUT2D eigenvalue weighted by atomic mass is 10.00. The minimum atomic E-state index is -0.572. The highest BCUT2D eigenvalue weighted by Gasteiger charge is 2.35. The minimum Gasteiger partial charge on any atom is -0.391 e. The molecule has 1 aliphatic heterocycles. The molecule has 0 aliphatic carbocycles. The first kappa shape index (κ1) is 15.7. The first-order valence-electron chi connectivity index (χ1n) is 7.68. The molecule has 1 saturated heterocycles. The van der Waals surface area contributed by atoms with Crippen LogP contribution in [0.4, 0.5) is 4.39 Å². The summed E-state index contributed by atoms with van der Waals surface area (Å²) in [6.07, 6.45) is 0.0502. The van der Waals surface area contributed by atoms with Crippen LogP contribution in [0.5, 0.6) is 0 Å². The number of aliphatic hydroxyl groups is 1. The van der Waals surface area contributed by atoms with E-state index in [1.165, 1.54) is 18.2 Å². The standard InChI is InChI=1S/C17H20FN3O2/c1-10-5-13(18)3-4-15(10)17(23)21-8-12(16(22)9-21)7-14-6-11(2)19-20-14/h3-6,12,16,22H,7-9H2,1-2H3,(H,19,20)/t12-,16-/m1/s1. The maximum absolute atomic E-state index is 13.2. The van der Waals surface area contributed by atoms with Crippen molar-refractivity contribution in [3.8, 4) is 0 Å². The van der Waals surface area contributed by atoms with E-state index >= 15 is 0 Å². The van der Waals surface area contributed by atoms with Crippen LogP contribution < -0.4 is 0 Å². The Kier molecular flexibility index (Phi) is 4.17. The molecule has 6 heteroatoms. The summed E-state index contributed by atoms with van der Waals surface area (Å²) in [6.45, 7) is 4.41. The second kappa shape index (κ2) is 6.12. The van der Waals surface area contributed by atoms with Crippen molar-refractivity contribution in [3.63, 3.8) is 0 Å². The molecule has 5 nitrogen and oxygen atoms in total. The van der Waals surface area contributed by atoms with Crippen LogP contribution in [-0.2, 0) is 6.42 Å². The molecular formula is C17H20FN3O2. The van der Waals surface area contributed by atoms with Crippen molar-refractivity contribution in [3.05, 3.63) is 52.6 Å². The van der Waals surface area contributed by atoms with Crippen molar-refractivity contribution < 1.29 is 14.3 Å². The number of aryl methyl sites for hydroxylation is 2. The second-order valence-electron chi connectivity index (χ2n) is 6.24. The molecule has 1 amide bonds. The topological polar surface area (TPSA) is 69.2 Å². The Bertz CT molecular complexity index is 728. The zero-order valence-corrected chi connectivity index (χ0v) is 13.2. The maximum atomic E-state index is 13.2. The Hall–Kier alpha value is -2.21. The van der Waals surface area contributed by atoms with Gasteiger partial charge in [-0.05, 0) is 50.1 Å². The highest BCUT2D eigenvalue weighted by molar-refractivity contribution is 5.95. The van der Waals surface area contributed by atoms with Crippen LogP contribution in [0.3, 0.4) is 0 Å². The van der Waals surface area contributed by atoms with E-state index in [1.807, 2.05) is 13.0 Å². The van der Waals surface area contributed by atoms with Gasteiger partial charge in [0.25, 0.3) is 5.91 Å². The molecule has 2 N–H and O–H groups in total. The Morgan fingerprint density at radius 3 is 2.83 bits per heavy atom. The summed E-state index contributed by atoms with van der Waals surface area (Å²) < 4.78 is 13.2. The minimum absolute atomic E-state index is 0.0394. The van der Waals surface area contributed by atoms with Crippen LogP contribution in [-0.4, -0.2) is 45.3 Å². The summed E-state index contributed by atoms with van der Waals surface area (Å²) in [5.74, 6) is -0.558. The quantitative estimate of drug-likeness (QED) is 0.907. The van der Waals surface area contributed by atoms with Gasteiger partial charge in [0.1, 0.15) is 5.82 Å². The molecule has 1 fully saturated rings. The van der Waals surface area contributed by atoms with Crippen LogP contribution in [0.1, 0.15) is 27.3 Å². The number of halogens is 1. The van der Waals surface area contributed by atoms with E-state index < -0.39 is 6.10 Å². The number of hydrogen-bond donors (Lipinski definition) is 2. The Morgan fingerprint density at radius 2 is 2.17 bits per heavy atom. The molecule has 1 aliphatic rings. The van der Waals surface area contributed by atoms with Gasteiger partial charge in [0, 0.05) is 30.3 Å². The molecule has 1 aromatic carbocycles. The fourth-order valence-electron chi connectivity index (χ4n) is 3.11. The lowest BCUT2D eigenvalue weighted by Crippen LogP contribution is -2.30. The number of aromatic nitrogens is 2. The molecule has 1 aromatic heterocycles. The molecule has 3 rings (SSSR count). The van der Waals surface area contributed by atoms with Crippen LogP contribution >= 0.6 is 0 Å². The van der Waals surface area contributed by atoms with Gasteiger partial charge in [-0.25, -0.2) is 4.39 Å². The van der Waals surface area contributed by atoms with E-state index in [4.69, 9.17) is 0 Å². The van der Waals surface area contributed by atoms with Crippen molar-refractivity contribution >= 4 is 5.91 Å². The lowest BCUT2D eigenvalue weighted by molar-refractivity contribution is 0.0764. The average Bonchev–Trinajstić information content (AvgIpc) is 3.05. The summed E-state index contributed by atoms with van der Waals surface area (Å²) in [5, 5.41) is 17.3. The smallest absolute Gasteiger partial charge is 0.254 e. The Balaban J connectivity index is 1.71. The number of nitrogens with zero attached hydrogens (tertiary/aromatic N) is 2. The molecule has 0 saturated carbocycles. The van der Waals surface area contributed by atoms with Gasteiger partial charge in [-0.3, -0.25) is 9.89 Å². The summed E-state index contributed by atoms with van der Waals surface area (Å²) in [7, 11) is 0. The fourth-order valence-corrected chi connectivity index (χ4v) is 3.11. The first-order valence-corrected chi connectivity index (χ1v) is 7.68. The van der Waals surface area contributed by atoms with Crippen LogP contribution in [0, 0.1) is 25.6 Å². The van der Waals surface area contributed by atoms with Gasteiger partial charge in [-0.15, -0.1) is 0 Å². The SMILES string of the molecule is Cc1cc(C[C@@H]2CN(C(=O)c3ccc(F)cc3C)C[C@H]2O)n[nH]1. The first-order chi connectivity index (χ1) is 10.9. The molecule has 2 aromatic rings. The largest absolute Gasteiger partial charge is 0.391 e. The monoisotopic (exact) mass is 317 g/mol. The third-order valence-corrected chi connectivity index (χ3v) is 4.34. The summed E-state index contributed by atoms with van der Waals surface area (Å²) in [5.41, 5.74) is 2.95. The summed E-state index contributed by atoms with van der Waals surface area (Å²) in [6, 6.07) is 6.09. The number of amides is 1. The number of hydrogen-bond acceptors (Lipinski definition) is 3. The van der Waals surface area contributed by atoms with Gasteiger partial charge in [0.15, 0.2) is 0 Å². The predicted octanol–water partition coefficient (Wildman–Crippen LogP) is 1.84. The van der Waals surface area contributed by atoms with Crippen molar-refractivity contribution in [2.45, 2.75) is 26.4 Å². The normalized spacial score (nSPS) is 21.0. The van der Waals surface area contributed by atoms with E-state index in [2.05, 4.69) is 10.2 Å². The fraction of sp³-hybridized carbons (Fsp3) is 0.412. The highest BCUT2D eigenvalue weighted by Crippen LogP contribution is 2.24. The predicted molar refractivity (Wildman–Crippen MR) is 83.6 cm³/mol. The van der Waals surface area contributed by atoms with Gasteiger partial charge < -0.3 is 10.0 Å². The molecular weight excluding hydrogens is 297 g/mol. The van der Waals surface area contributed by atoms with Crippen molar-refractivity contribution in [1.29, 1.82) is 0 Å². The van der Waals surface area contributed by atoms with Crippen LogP contribution in [0.15, 0.2) is 24.3 Å². The number of benzene rings is 1. The summed E-state index contributed by atoms with van der Waals surface area (Å²) >= 11 is 0. The maximum Gasteiger partial charge on any atom is 0.254 e. The van der Waals surface area contributed by atoms with E-state index in [0.29, 0.717) is 30.6 Å². The van der Waals surface area contributed by atoms with E-state index in [1.54, 1.807) is 11.8 Å². The van der Waals surface area contributed by atoms with Gasteiger partial charge >= 0.3 is 0 Å². The van der Waals surface area contributed by atoms with Crippen LogP contribution in [0.25, 0.3) is 0 Å². The number of H-pyrrole nitrogens is 1. The van der Waals surface area contributed by atoms with Gasteiger partial charge in [0.2, 0.25) is 0 Å². The number of carbonyl (C=O) groups is 1. The molecule has 0 unspecified atom stereocenters. The number of nitrogens with one attached hydrogen (secondary N) is 1. The number of β-amino-alcohol motifs (C(OH)–C–C–N with tert-alkyl or cyclic N) is 1. The summed E-state index contributed by atoms with van der Waals surface area (Å²) in [4.78, 5) is 14.2. The van der Waals surface area contributed by atoms with Crippen molar-refractivity contribution in [2.24, 2.45) is 5.92 Å². The molecule has 2 heterocycles. The van der Waals surface area contributed by atoms with E-state index in [9.17, 15) is 14.3 Å². The number of rotatable bonds is 3. The number of aromatic amines is 1. The highest BCUT2D eigenvalue weighted by atomic mass is 19.1. The lowest BCUT2D eigenvalue weighted by Gasteiger charge is -2.17. The van der Waals surface area contributed by atoms with Gasteiger partial charge in [-0.2, -0.15) is 5.10 Å².